The van der Waals surface area contributed by atoms with E-state index in [0.29, 0.717) is 5.95 Å². The Morgan fingerprint density at radius 2 is 2.24 bits per heavy atom. The lowest BCUT2D eigenvalue weighted by Gasteiger charge is -2.02. The minimum absolute atomic E-state index is 0.410. The van der Waals surface area contributed by atoms with Gasteiger partial charge in [-0.2, -0.15) is 4.37 Å². The third-order valence-corrected chi connectivity index (χ3v) is 3.62. The molecule has 0 aliphatic heterocycles. The van der Waals surface area contributed by atoms with E-state index in [9.17, 15) is 0 Å². The molecular formula is C9H12N6S2. The Labute approximate surface area is 107 Å². The molecule has 90 valence electrons. The molecule has 0 bridgehead atoms. The van der Waals surface area contributed by atoms with Crippen molar-refractivity contribution in [2.45, 2.75) is 29.6 Å². The number of nitrogens with zero attached hydrogens (tertiary/aromatic N) is 4. The van der Waals surface area contributed by atoms with Gasteiger partial charge in [-0.3, -0.25) is 5.43 Å². The second-order valence-corrected chi connectivity index (χ2v) is 5.27. The van der Waals surface area contributed by atoms with Crippen molar-refractivity contribution in [3.05, 3.63) is 17.6 Å². The quantitative estimate of drug-likeness (QED) is 0.495. The van der Waals surface area contributed by atoms with E-state index in [4.69, 9.17) is 5.84 Å². The van der Waals surface area contributed by atoms with Crippen molar-refractivity contribution in [2.24, 2.45) is 5.84 Å². The lowest BCUT2D eigenvalue weighted by atomic mass is 10.5. The maximum absolute atomic E-state index is 5.30. The van der Waals surface area contributed by atoms with Crippen LogP contribution in [-0.2, 0) is 6.42 Å². The van der Waals surface area contributed by atoms with Gasteiger partial charge >= 0.3 is 0 Å². The van der Waals surface area contributed by atoms with Gasteiger partial charge in [0, 0.05) is 12.1 Å². The summed E-state index contributed by atoms with van der Waals surface area (Å²) in [6.07, 6.45) is 0.843. The Bertz CT molecular complexity index is 512. The second kappa shape index (κ2) is 5.39. The Hall–Kier alpha value is -1.25. The number of nitrogens with one attached hydrogen (secondary N) is 1. The topological polar surface area (TPSA) is 89.6 Å². The van der Waals surface area contributed by atoms with Gasteiger partial charge in [0.2, 0.25) is 5.95 Å². The molecule has 2 aromatic heterocycles. The molecule has 8 heteroatoms. The predicted molar refractivity (Wildman–Crippen MR) is 68.0 cm³/mol. The molecule has 0 amide bonds. The number of nitrogens with two attached hydrogens (primary N) is 1. The van der Waals surface area contributed by atoms with E-state index < -0.39 is 0 Å². The van der Waals surface area contributed by atoms with Gasteiger partial charge in [-0.1, -0.05) is 6.92 Å². The molecule has 2 heterocycles. The van der Waals surface area contributed by atoms with Crippen molar-refractivity contribution in [3.63, 3.8) is 0 Å². The Morgan fingerprint density at radius 3 is 2.88 bits per heavy atom. The molecule has 0 saturated heterocycles. The summed E-state index contributed by atoms with van der Waals surface area (Å²) in [5.74, 6) is 6.57. The highest BCUT2D eigenvalue weighted by molar-refractivity contribution is 8.00. The standard InChI is InChI=1S/C9H12N6S2/c1-3-6-12-9(17-15-6)16-7-4-5(2)11-8(13-7)14-10/h4H,3,10H2,1-2H3,(H,11,13,14). The summed E-state index contributed by atoms with van der Waals surface area (Å²) in [6.45, 7) is 3.92. The molecule has 0 aliphatic rings. The average Bonchev–Trinajstić information content (AvgIpc) is 2.76. The summed E-state index contributed by atoms with van der Waals surface area (Å²) >= 11 is 2.84. The number of hydrogen-bond donors (Lipinski definition) is 2. The third kappa shape index (κ3) is 3.11. The summed E-state index contributed by atoms with van der Waals surface area (Å²) in [7, 11) is 0. The highest BCUT2D eigenvalue weighted by atomic mass is 32.2. The number of hydrazine groups is 1. The number of anilines is 1. The summed E-state index contributed by atoms with van der Waals surface area (Å²) in [6, 6.07) is 1.89. The van der Waals surface area contributed by atoms with Gasteiger partial charge in [0.05, 0.1) is 0 Å². The van der Waals surface area contributed by atoms with E-state index in [0.717, 1.165) is 27.3 Å². The smallest absolute Gasteiger partial charge is 0.238 e. The number of nitrogen functional groups attached to an aromatic ring is 1. The molecule has 0 unspecified atom stereocenters. The van der Waals surface area contributed by atoms with Crippen LogP contribution in [0.4, 0.5) is 5.95 Å². The van der Waals surface area contributed by atoms with Crippen molar-refractivity contribution < 1.29 is 0 Å². The molecule has 17 heavy (non-hydrogen) atoms. The lowest BCUT2D eigenvalue weighted by Crippen LogP contribution is -2.11. The number of hydrogen-bond acceptors (Lipinski definition) is 8. The fourth-order valence-electron chi connectivity index (χ4n) is 1.17. The van der Waals surface area contributed by atoms with Crippen LogP contribution in [0.2, 0.25) is 0 Å². The number of aromatic nitrogens is 4. The SMILES string of the molecule is CCc1nsc(Sc2cc(C)nc(NN)n2)n1. The lowest BCUT2D eigenvalue weighted by molar-refractivity contribution is 0.965. The fraction of sp³-hybridized carbons (Fsp3) is 0.333. The molecule has 0 aliphatic carbocycles. The number of aryl methyl sites for hydroxylation is 2. The van der Waals surface area contributed by atoms with E-state index in [1.54, 1.807) is 0 Å². The van der Waals surface area contributed by atoms with Crippen LogP contribution < -0.4 is 11.3 Å². The molecule has 0 atom stereocenters. The molecular weight excluding hydrogens is 256 g/mol. The molecule has 0 radical (unpaired) electrons. The molecule has 0 saturated carbocycles. The maximum atomic E-state index is 5.30. The van der Waals surface area contributed by atoms with Gasteiger partial charge < -0.3 is 0 Å². The van der Waals surface area contributed by atoms with Crippen LogP contribution in [0.3, 0.4) is 0 Å². The summed E-state index contributed by atoms with van der Waals surface area (Å²) < 4.78 is 5.10. The van der Waals surface area contributed by atoms with Crippen LogP contribution in [0, 0.1) is 6.92 Å². The van der Waals surface area contributed by atoms with E-state index >= 15 is 0 Å². The van der Waals surface area contributed by atoms with Crippen molar-refractivity contribution in [1.82, 2.24) is 19.3 Å². The van der Waals surface area contributed by atoms with Crippen LogP contribution in [0.25, 0.3) is 0 Å². The molecule has 0 aromatic carbocycles. The summed E-state index contributed by atoms with van der Waals surface area (Å²) in [5.41, 5.74) is 3.30. The first-order chi connectivity index (χ1) is 8.21. The predicted octanol–water partition coefficient (Wildman–Crippen LogP) is 1.64. The zero-order valence-electron chi connectivity index (χ0n) is 9.47. The van der Waals surface area contributed by atoms with Gasteiger partial charge in [0.1, 0.15) is 10.9 Å². The molecule has 0 fully saturated rings. The van der Waals surface area contributed by atoms with Gasteiger partial charge in [0.25, 0.3) is 0 Å². The van der Waals surface area contributed by atoms with Crippen molar-refractivity contribution in [1.29, 1.82) is 0 Å². The molecule has 0 spiro atoms. The van der Waals surface area contributed by atoms with Crippen LogP contribution in [0.1, 0.15) is 18.4 Å². The first kappa shape index (κ1) is 12.2. The normalized spacial score (nSPS) is 10.5. The van der Waals surface area contributed by atoms with Crippen LogP contribution >= 0.6 is 23.3 Å². The van der Waals surface area contributed by atoms with Crippen LogP contribution in [0.5, 0.6) is 0 Å². The molecule has 2 aromatic rings. The highest BCUT2D eigenvalue weighted by Crippen LogP contribution is 2.28. The van der Waals surface area contributed by atoms with Crippen LogP contribution in [0.15, 0.2) is 15.4 Å². The van der Waals surface area contributed by atoms with Crippen LogP contribution in [-0.4, -0.2) is 19.3 Å². The van der Waals surface area contributed by atoms with E-state index in [1.807, 2.05) is 19.9 Å². The van der Waals surface area contributed by atoms with Gasteiger partial charge in [-0.15, -0.1) is 0 Å². The van der Waals surface area contributed by atoms with E-state index in [1.165, 1.54) is 23.3 Å². The largest absolute Gasteiger partial charge is 0.292 e. The molecule has 3 N–H and O–H groups in total. The first-order valence-electron chi connectivity index (χ1n) is 5.04. The molecule has 2 rings (SSSR count). The Kier molecular flexibility index (Phi) is 3.87. The number of rotatable bonds is 4. The highest BCUT2D eigenvalue weighted by Gasteiger charge is 2.07. The summed E-state index contributed by atoms with van der Waals surface area (Å²) in [5, 5.41) is 0.809. The third-order valence-electron chi connectivity index (χ3n) is 1.92. The Balaban J connectivity index is 2.20. The van der Waals surface area contributed by atoms with Crippen molar-refractivity contribution in [3.8, 4) is 0 Å². The monoisotopic (exact) mass is 268 g/mol. The van der Waals surface area contributed by atoms with Crippen molar-refractivity contribution >= 4 is 29.2 Å². The summed E-state index contributed by atoms with van der Waals surface area (Å²) in [4.78, 5) is 12.7. The zero-order valence-corrected chi connectivity index (χ0v) is 11.1. The van der Waals surface area contributed by atoms with Gasteiger partial charge in [0.15, 0.2) is 4.34 Å². The first-order valence-corrected chi connectivity index (χ1v) is 6.63. The average molecular weight is 268 g/mol. The van der Waals surface area contributed by atoms with Gasteiger partial charge in [-0.25, -0.2) is 20.8 Å². The second-order valence-electron chi connectivity index (χ2n) is 3.25. The minimum atomic E-state index is 0.410. The zero-order chi connectivity index (χ0) is 12.3. The van der Waals surface area contributed by atoms with Crippen molar-refractivity contribution in [2.75, 3.05) is 5.43 Å². The van der Waals surface area contributed by atoms with E-state index in [-0.39, 0.29) is 0 Å². The van der Waals surface area contributed by atoms with E-state index in [2.05, 4.69) is 24.8 Å². The fourth-order valence-corrected chi connectivity index (χ4v) is 2.88. The van der Waals surface area contributed by atoms with Gasteiger partial charge in [-0.05, 0) is 36.3 Å². The minimum Gasteiger partial charge on any atom is -0.292 e. The Morgan fingerprint density at radius 1 is 1.41 bits per heavy atom. The molecule has 6 nitrogen and oxygen atoms in total. The maximum Gasteiger partial charge on any atom is 0.238 e.